The lowest BCUT2D eigenvalue weighted by Crippen LogP contribution is -2.37. The molecule has 2 fully saturated rings. The van der Waals surface area contributed by atoms with Gasteiger partial charge < -0.3 is 19.5 Å². The largest absolute Gasteiger partial charge is 0.488 e. The number of hydrogen-bond donors (Lipinski definition) is 1. The molecule has 1 aromatic carbocycles. The first kappa shape index (κ1) is 16.1. The molecule has 7 nitrogen and oxygen atoms in total. The molecule has 4 rings (SSSR count). The Morgan fingerprint density at radius 1 is 1.24 bits per heavy atom. The van der Waals surface area contributed by atoms with E-state index >= 15 is 0 Å². The van der Waals surface area contributed by atoms with E-state index in [0.29, 0.717) is 19.7 Å². The van der Waals surface area contributed by atoms with E-state index in [9.17, 15) is 4.79 Å². The van der Waals surface area contributed by atoms with Gasteiger partial charge in [0.1, 0.15) is 18.2 Å². The number of nitrogens with zero attached hydrogens (tertiary/aromatic N) is 3. The number of piperidine rings is 1. The average Bonchev–Trinajstić information content (AvgIpc) is 3.14. The maximum absolute atomic E-state index is 11.1. The van der Waals surface area contributed by atoms with E-state index in [1.807, 2.05) is 18.2 Å². The summed E-state index contributed by atoms with van der Waals surface area (Å²) in [6, 6.07) is 5.92. The maximum atomic E-state index is 11.1. The summed E-state index contributed by atoms with van der Waals surface area (Å²) >= 11 is 0. The number of likely N-dealkylation sites (tertiary alicyclic amines) is 1. The fraction of sp³-hybridized carbons (Fsp3) is 0.500. The lowest BCUT2D eigenvalue weighted by molar-refractivity contribution is 0.132. The number of carboxylic acid groups (broad SMARTS) is 1. The molecule has 0 spiro atoms. The van der Waals surface area contributed by atoms with Gasteiger partial charge in [-0.1, -0.05) is 0 Å². The number of carbonyl (C=O) groups is 1. The van der Waals surface area contributed by atoms with Crippen molar-refractivity contribution in [2.75, 3.05) is 26.3 Å². The molecule has 0 aliphatic carbocycles. The Balaban J connectivity index is 1.55. The molecule has 2 aliphatic rings. The molecule has 2 aromatic rings. The minimum atomic E-state index is -0.844. The predicted molar refractivity (Wildman–Crippen MR) is 91.0 cm³/mol. The van der Waals surface area contributed by atoms with Crippen LogP contribution in [0.15, 0.2) is 24.5 Å². The zero-order valence-electron chi connectivity index (χ0n) is 13.9. The Morgan fingerprint density at radius 2 is 2.08 bits per heavy atom. The molecule has 132 valence electrons. The maximum Gasteiger partial charge on any atom is 0.407 e. The summed E-state index contributed by atoms with van der Waals surface area (Å²) in [6.07, 6.45) is 3.34. The highest BCUT2D eigenvalue weighted by atomic mass is 16.5. The van der Waals surface area contributed by atoms with Gasteiger partial charge in [-0.3, -0.25) is 0 Å². The van der Waals surface area contributed by atoms with Gasteiger partial charge in [-0.05, 0) is 25.0 Å². The van der Waals surface area contributed by atoms with Crippen molar-refractivity contribution in [1.29, 1.82) is 0 Å². The van der Waals surface area contributed by atoms with Gasteiger partial charge in [0.25, 0.3) is 0 Å². The Bertz CT molecular complexity index is 768. The van der Waals surface area contributed by atoms with Gasteiger partial charge in [0.05, 0.1) is 24.4 Å². The molecule has 0 radical (unpaired) electrons. The number of amides is 1. The average molecular weight is 343 g/mol. The number of rotatable bonds is 3. The molecule has 2 aliphatic heterocycles. The molecule has 0 bridgehead atoms. The first-order valence-corrected chi connectivity index (χ1v) is 8.67. The van der Waals surface area contributed by atoms with Crippen LogP contribution in [0, 0.1) is 0 Å². The van der Waals surface area contributed by atoms with Crippen molar-refractivity contribution in [1.82, 2.24) is 14.9 Å². The van der Waals surface area contributed by atoms with Crippen LogP contribution in [0.3, 0.4) is 0 Å². The summed E-state index contributed by atoms with van der Waals surface area (Å²) < 4.78 is 11.3. The van der Waals surface area contributed by atoms with Crippen LogP contribution in [0.5, 0.6) is 5.75 Å². The number of benzene rings is 1. The van der Waals surface area contributed by atoms with Crippen molar-refractivity contribution in [3.8, 4) is 5.75 Å². The van der Waals surface area contributed by atoms with Crippen molar-refractivity contribution < 1.29 is 19.4 Å². The van der Waals surface area contributed by atoms with E-state index < -0.39 is 6.09 Å². The highest BCUT2D eigenvalue weighted by Gasteiger charge is 2.25. The molecule has 7 heteroatoms. The second kappa shape index (κ2) is 6.84. The van der Waals surface area contributed by atoms with Gasteiger partial charge in [-0.25, -0.2) is 14.8 Å². The fourth-order valence-corrected chi connectivity index (χ4v) is 3.60. The van der Waals surface area contributed by atoms with Gasteiger partial charge in [0.2, 0.25) is 0 Å². The third-order valence-electron chi connectivity index (χ3n) is 4.98. The lowest BCUT2D eigenvalue weighted by atomic mass is 9.91. The molecule has 0 saturated carbocycles. The fourth-order valence-electron chi connectivity index (χ4n) is 3.60. The third-order valence-corrected chi connectivity index (χ3v) is 4.98. The first-order chi connectivity index (χ1) is 12.2. The normalized spacial score (nSPS) is 21.6. The molecule has 1 atom stereocenters. The van der Waals surface area contributed by atoms with Gasteiger partial charge in [0.15, 0.2) is 0 Å². The van der Waals surface area contributed by atoms with Gasteiger partial charge in [-0.15, -0.1) is 0 Å². The second-order valence-electron chi connectivity index (χ2n) is 6.59. The summed E-state index contributed by atoms with van der Waals surface area (Å²) in [5.74, 6) is 1.06. The van der Waals surface area contributed by atoms with E-state index in [1.54, 1.807) is 6.33 Å². The molecule has 1 N–H and O–H groups in total. The van der Waals surface area contributed by atoms with Crippen LogP contribution in [0.2, 0.25) is 0 Å². The van der Waals surface area contributed by atoms with Crippen LogP contribution in [-0.4, -0.2) is 58.5 Å². The van der Waals surface area contributed by atoms with Crippen LogP contribution < -0.4 is 4.74 Å². The Hall–Kier alpha value is -2.41. The summed E-state index contributed by atoms with van der Waals surface area (Å²) in [5, 5.41) is 10.1. The van der Waals surface area contributed by atoms with Crippen LogP contribution in [0.1, 0.15) is 30.9 Å². The predicted octanol–water partition coefficient (Wildman–Crippen LogP) is 2.65. The molecule has 25 heavy (non-hydrogen) atoms. The van der Waals surface area contributed by atoms with Crippen molar-refractivity contribution in [2.45, 2.75) is 31.3 Å². The topological polar surface area (TPSA) is 84.8 Å². The molecule has 1 amide bonds. The highest BCUT2D eigenvalue weighted by molar-refractivity contribution is 5.82. The van der Waals surface area contributed by atoms with Crippen molar-refractivity contribution in [3.63, 3.8) is 0 Å². The van der Waals surface area contributed by atoms with E-state index in [2.05, 4.69) is 9.97 Å². The second-order valence-corrected chi connectivity index (χ2v) is 6.59. The number of fused-ring (bicyclic) bond motifs is 1. The Morgan fingerprint density at radius 3 is 2.80 bits per heavy atom. The number of aromatic nitrogens is 2. The van der Waals surface area contributed by atoms with Gasteiger partial charge in [-0.2, -0.15) is 0 Å². The van der Waals surface area contributed by atoms with Crippen molar-refractivity contribution in [2.24, 2.45) is 0 Å². The molecule has 2 saturated heterocycles. The van der Waals surface area contributed by atoms with E-state index in [4.69, 9.17) is 14.6 Å². The zero-order valence-corrected chi connectivity index (χ0v) is 13.9. The van der Waals surface area contributed by atoms with Crippen molar-refractivity contribution >= 4 is 17.0 Å². The van der Waals surface area contributed by atoms with Crippen LogP contribution in [-0.2, 0) is 4.74 Å². The number of hydrogen-bond acceptors (Lipinski definition) is 5. The SMILES string of the molecule is O=C(O)N1CCC(c2ncnc3cc(O[C@H]4CCOC4)ccc23)CC1. The van der Waals surface area contributed by atoms with E-state index in [-0.39, 0.29) is 12.0 Å². The van der Waals surface area contributed by atoms with E-state index in [0.717, 1.165) is 48.2 Å². The standard InChI is InChI=1S/C18H21N3O4/c22-18(23)21-6-3-12(4-7-21)17-15-2-1-13(9-16(15)19-11-20-17)25-14-5-8-24-10-14/h1-2,9,11-12,14H,3-8,10H2,(H,22,23)/t14-/m0/s1. The summed E-state index contributed by atoms with van der Waals surface area (Å²) in [4.78, 5) is 21.4. The molecule has 0 unspecified atom stereocenters. The molecule has 3 heterocycles. The lowest BCUT2D eigenvalue weighted by Gasteiger charge is -2.30. The summed E-state index contributed by atoms with van der Waals surface area (Å²) in [5.41, 5.74) is 1.87. The van der Waals surface area contributed by atoms with Gasteiger partial charge >= 0.3 is 6.09 Å². The zero-order chi connectivity index (χ0) is 17.2. The first-order valence-electron chi connectivity index (χ1n) is 8.67. The smallest absolute Gasteiger partial charge is 0.407 e. The van der Waals surface area contributed by atoms with Crippen LogP contribution in [0.4, 0.5) is 4.79 Å². The third kappa shape index (κ3) is 3.37. The van der Waals surface area contributed by atoms with Crippen molar-refractivity contribution in [3.05, 3.63) is 30.2 Å². The quantitative estimate of drug-likeness (QED) is 0.922. The minimum absolute atomic E-state index is 0.110. The van der Waals surface area contributed by atoms with E-state index in [1.165, 1.54) is 4.90 Å². The number of ether oxygens (including phenoxy) is 2. The monoisotopic (exact) mass is 343 g/mol. The Kier molecular flexibility index (Phi) is 4.40. The Labute approximate surface area is 145 Å². The minimum Gasteiger partial charge on any atom is -0.488 e. The highest BCUT2D eigenvalue weighted by Crippen LogP contribution is 2.32. The van der Waals surface area contributed by atoms with Crippen LogP contribution in [0.25, 0.3) is 10.9 Å². The van der Waals surface area contributed by atoms with Crippen LogP contribution >= 0.6 is 0 Å². The summed E-state index contributed by atoms with van der Waals surface area (Å²) in [6.45, 7) is 2.48. The molecular formula is C18H21N3O4. The van der Waals surface area contributed by atoms with Gasteiger partial charge in [0, 0.05) is 36.9 Å². The molecule has 1 aromatic heterocycles. The summed E-state index contributed by atoms with van der Waals surface area (Å²) in [7, 11) is 0. The molecular weight excluding hydrogens is 322 g/mol.